The fraction of sp³-hybridized carbons (Fsp3) is 0.556. The highest BCUT2D eigenvalue weighted by Crippen LogP contribution is 2.22. The Hall–Kier alpha value is -1.52. The molecule has 14 heavy (non-hydrogen) atoms. The maximum absolute atomic E-state index is 8.55. The van der Waals surface area contributed by atoms with Crippen LogP contribution in [-0.4, -0.2) is 16.2 Å². The molecule has 5 nitrogen and oxygen atoms in total. The van der Waals surface area contributed by atoms with Crippen molar-refractivity contribution in [1.29, 1.82) is 0 Å². The molecular formula is C9H13N3O2. The molecule has 1 aromatic rings. The zero-order valence-corrected chi connectivity index (χ0v) is 7.86. The summed E-state index contributed by atoms with van der Waals surface area (Å²) in [5.74, 6) is 0.449. The van der Waals surface area contributed by atoms with E-state index < -0.39 is 0 Å². The van der Waals surface area contributed by atoms with Crippen molar-refractivity contribution in [2.45, 2.75) is 32.1 Å². The summed E-state index contributed by atoms with van der Waals surface area (Å²) in [6.45, 7) is 0. The van der Waals surface area contributed by atoms with Crippen molar-refractivity contribution in [1.82, 2.24) is 5.16 Å². The predicted octanol–water partition coefficient (Wildman–Crippen LogP) is 1.04. The van der Waals surface area contributed by atoms with Gasteiger partial charge in [0.15, 0.2) is 0 Å². The van der Waals surface area contributed by atoms with Crippen molar-refractivity contribution in [2.75, 3.05) is 0 Å². The van der Waals surface area contributed by atoms with Crippen molar-refractivity contribution < 1.29 is 9.73 Å². The van der Waals surface area contributed by atoms with E-state index in [9.17, 15) is 0 Å². The molecule has 0 bridgehead atoms. The molecule has 1 aliphatic carbocycles. The Balaban J connectivity index is 2.39. The summed E-state index contributed by atoms with van der Waals surface area (Å²) in [6.07, 6.45) is 5.28. The molecule has 0 amide bonds. The Labute approximate surface area is 81.6 Å². The van der Waals surface area contributed by atoms with E-state index in [0.29, 0.717) is 5.76 Å². The maximum atomic E-state index is 8.55. The molecule has 1 heterocycles. The predicted molar refractivity (Wildman–Crippen MR) is 50.3 cm³/mol. The number of hydrogen-bond acceptors (Lipinski definition) is 4. The standard InChI is InChI=1S/C9H13N3O2/c10-9(11-13)8-6-4-2-1-3-5-7(6)12-14-8/h13H,1-5H2,(H2,10,11). The minimum Gasteiger partial charge on any atom is -0.409 e. The first-order chi connectivity index (χ1) is 6.83. The molecule has 0 aromatic carbocycles. The van der Waals surface area contributed by atoms with Crippen molar-refractivity contribution in [3.05, 3.63) is 17.0 Å². The third-order valence-corrected chi connectivity index (χ3v) is 2.55. The number of rotatable bonds is 1. The summed E-state index contributed by atoms with van der Waals surface area (Å²) in [4.78, 5) is 0. The molecule has 3 N–H and O–H groups in total. The van der Waals surface area contributed by atoms with E-state index in [1.54, 1.807) is 0 Å². The van der Waals surface area contributed by atoms with Gasteiger partial charge in [0, 0.05) is 5.56 Å². The van der Waals surface area contributed by atoms with Crippen LogP contribution < -0.4 is 5.73 Å². The van der Waals surface area contributed by atoms with Crippen LogP contribution in [0.2, 0.25) is 0 Å². The van der Waals surface area contributed by atoms with Crippen LogP contribution in [0.25, 0.3) is 0 Å². The number of aromatic nitrogens is 1. The molecule has 76 valence electrons. The first kappa shape index (κ1) is 9.05. The molecule has 0 saturated heterocycles. The van der Waals surface area contributed by atoms with E-state index in [1.807, 2.05) is 0 Å². The number of aryl methyl sites for hydroxylation is 1. The quantitative estimate of drug-likeness (QED) is 0.230. The van der Waals surface area contributed by atoms with Gasteiger partial charge in [0.1, 0.15) is 0 Å². The third-order valence-electron chi connectivity index (χ3n) is 2.55. The summed E-state index contributed by atoms with van der Waals surface area (Å²) in [5, 5.41) is 15.4. The third kappa shape index (κ3) is 1.45. The van der Waals surface area contributed by atoms with Crippen LogP contribution in [0.5, 0.6) is 0 Å². The van der Waals surface area contributed by atoms with Gasteiger partial charge in [0.05, 0.1) is 5.69 Å². The highest BCUT2D eigenvalue weighted by Gasteiger charge is 2.20. The number of amidine groups is 1. The van der Waals surface area contributed by atoms with Gasteiger partial charge in [-0.1, -0.05) is 16.7 Å². The lowest BCUT2D eigenvalue weighted by Crippen LogP contribution is -2.14. The summed E-state index contributed by atoms with van der Waals surface area (Å²) >= 11 is 0. The molecule has 2 rings (SSSR count). The topological polar surface area (TPSA) is 84.6 Å². The average Bonchev–Trinajstić information content (AvgIpc) is 2.46. The molecule has 0 aliphatic heterocycles. The Bertz CT molecular complexity index is 357. The minimum absolute atomic E-state index is 0.0145. The molecular weight excluding hydrogens is 182 g/mol. The number of fused-ring (bicyclic) bond motifs is 1. The zero-order valence-electron chi connectivity index (χ0n) is 7.86. The van der Waals surface area contributed by atoms with Crippen LogP contribution in [0.4, 0.5) is 0 Å². The SMILES string of the molecule is N/C(=N/O)c1onc2c1CCCCC2. The number of nitrogens with two attached hydrogens (primary N) is 1. The average molecular weight is 195 g/mol. The van der Waals surface area contributed by atoms with Gasteiger partial charge < -0.3 is 15.5 Å². The van der Waals surface area contributed by atoms with Gasteiger partial charge in [-0.25, -0.2) is 0 Å². The van der Waals surface area contributed by atoms with Gasteiger partial charge >= 0.3 is 0 Å². The van der Waals surface area contributed by atoms with Crippen LogP contribution in [0.15, 0.2) is 9.68 Å². The monoisotopic (exact) mass is 195 g/mol. The van der Waals surface area contributed by atoms with Crippen molar-refractivity contribution in [3.8, 4) is 0 Å². The van der Waals surface area contributed by atoms with Gasteiger partial charge in [-0.2, -0.15) is 0 Å². The molecule has 0 fully saturated rings. The normalized spacial score (nSPS) is 17.6. The first-order valence-electron chi connectivity index (χ1n) is 4.78. The molecule has 0 unspecified atom stereocenters. The second-order valence-electron chi connectivity index (χ2n) is 3.48. The van der Waals surface area contributed by atoms with Crippen molar-refractivity contribution >= 4 is 5.84 Å². The van der Waals surface area contributed by atoms with Crippen LogP contribution in [0.3, 0.4) is 0 Å². The Morgan fingerprint density at radius 3 is 2.93 bits per heavy atom. The highest BCUT2D eigenvalue weighted by atomic mass is 16.5. The zero-order chi connectivity index (χ0) is 9.97. The fourth-order valence-corrected chi connectivity index (χ4v) is 1.81. The second-order valence-corrected chi connectivity index (χ2v) is 3.48. The van der Waals surface area contributed by atoms with E-state index in [-0.39, 0.29) is 5.84 Å². The van der Waals surface area contributed by atoms with Gasteiger partial charge in [-0.3, -0.25) is 0 Å². The lowest BCUT2D eigenvalue weighted by atomic mass is 10.1. The van der Waals surface area contributed by atoms with E-state index in [0.717, 1.165) is 36.9 Å². The first-order valence-corrected chi connectivity index (χ1v) is 4.78. The van der Waals surface area contributed by atoms with Gasteiger partial charge in [-0.05, 0) is 25.7 Å². The fourth-order valence-electron chi connectivity index (χ4n) is 1.81. The van der Waals surface area contributed by atoms with Crippen molar-refractivity contribution in [2.24, 2.45) is 10.9 Å². The van der Waals surface area contributed by atoms with E-state index in [2.05, 4.69) is 10.3 Å². The Morgan fingerprint density at radius 2 is 2.14 bits per heavy atom. The lowest BCUT2D eigenvalue weighted by Gasteiger charge is -1.97. The van der Waals surface area contributed by atoms with Crippen LogP contribution in [-0.2, 0) is 12.8 Å². The van der Waals surface area contributed by atoms with Gasteiger partial charge in [0.25, 0.3) is 0 Å². The van der Waals surface area contributed by atoms with Gasteiger partial charge in [-0.15, -0.1) is 0 Å². The van der Waals surface area contributed by atoms with Crippen LogP contribution in [0.1, 0.15) is 36.3 Å². The van der Waals surface area contributed by atoms with Crippen molar-refractivity contribution in [3.63, 3.8) is 0 Å². The lowest BCUT2D eigenvalue weighted by molar-refractivity contribution is 0.315. The van der Waals surface area contributed by atoms with E-state index in [4.69, 9.17) is 15.5 Å². The summed E-state index contributed by atoms with van der Waals surface area (Å²) < 4.78 is 5.06. The van der Waals surface area contributed by atoms with E-state index >= 15 is 0 Å². The summed E-state index contributed by atoms with van der Waals surface area (Å²) in [5.41, 5.74) is 7.45. The number of hydrogen-bond donors (Lipinski definition) is 2. The maximum Gasteiger partial charge on any atom is 0.209 e. The number of oxime groups is 1. The van der Waals surface area contributed by atoms with Crippen LogP contribution in [0, 0.1) is 0 Å². The van der Waals surface area contributed by atoms with E-state index in [1.165, 1.54) is 6.42 Å². The molecule has 1 aliphatic rings. The summed E-state index contributed by atoms with van der Waals surface area (Å²) in [6, 6.07) is 0. The largest absolute Gasteiger partial charge is 0.409 e. The van der Waals surface area contributed by atoms with Gasteiger partial charge in [0.2, 0.25) is 11.6 Å². The Kier molecular flexibility index (Phi) is 2.39. The molecule has 5 heteroatoms. The second kappa shape index (κ2) is 3.69. The molecule has 1 aromatic heterocycles. The molecule has 0 atom stereocenters. The molecule has 0 radical (unpaired) electrons. The molecule has 0 saturated carbocycles. The van der Waals surface area contributed by atoms with Crippen LogP contribution >= 0.6 is 0 Å². The smallest absolute Gasteiger partial charge is 0.209 e. The molecule has 0 spiro atoms. The highest BCUT2D eigenvalue weighted by molar-refractivity contribution is 5.95. The number of nitrogens with zero attached hydrogens (tertiary/aromatic N) is 2. The summed E-state index contributed by atoms with van der Waals surface area (Å²) in [7, 11) is 0. The minimum atomic E-state index is 0.0145. The Morgan fingerprint density at radius 1 is 1.36 bits per heavy atom.